The summed E-state index contributed by atoms with van der Waals surface area (Å²) in [6, 6.07) is 5.98. The van der Waals surface area contributed by atoms with Crippen molar-refractivity contribution in [3.05, 3.63) is 30.1 Å². The lowest BCUT2D eigenvalue weighted by Crippen LogP contribution is -2.50. The van der Waals surface area contributed by atoms with Gasteiger partial charge in [-0.3, -0.25) is 4.79 Å². The van der Waals surface area contributed by atoms with Crippen molar-refractivity contribution in [3.63, 3.8) is 0 Å². The van der Waals surface area contributed by atoms with Gasteiger partial charge in [0.2, 0.25) is 5.91 Å². The number of halogens is 1. The summed E-state index contributed by atoms with van der Waals surface area (Å²) in [4.78, 5) is 28.4. The monoisotopic (exact) mass is 347 g/mol. The van der Waals surface area contributed by atoms with Crippen molar-refractivity contribution in [1.29, 1.82) is 0 Å². The van der Waals surface area contributed by atoms with Crippen LogP contribution < -0.4 is 10.2 Å². The summed E-state index contributed by atoms with van der Waals surface area (Å²) >= 11 is 0. The Morgan fingerprint density at radius 2 is 2.08 bits per heavy atom. The molecule has 3 rings (SSSR count). The van der Waals surface area contributed by atoms with Crippen LogP contribution in [0.2, 0.25) is 0 Å². The van der Waals surface area contributed by atoms with Crippen molar-refractivity contribution in [2.45, 2.75) is 57.5 Å². The Hall–Kier alpha value is -2.11. The highest BCUT2D eigenvalue weighted by molar-refractivity contribution is 5.96. The molecule has 0 aromatic heterocycles. The van der Waals surface area contributed by atoms with E-state index < -0.39 is 0 Å². The summed E-state index contributed by atoms with van der Waals surface area (Å²) in [6.07, 6.45) is 5.95. The van der Waals surface area contributed by atoms with Gasteiger partial charge in [0.25, 0.3) is 0 Å². The van der Waals surface area contributed by atoms with Gasteiger partial charge in [-0.25, -0.2) is 9.18 Å². The molecule has 1 heterocycles. The molecular weight excluding hydrogens is 321 g/mol. The predicted octanol–water partition coefficient (Wildman–Crippen LogP) is 3.30. The number of nitrogens with one attached hydrogen (secondary N) is 1. The van der Waals surface area contributed by atoms with Crippen LogP contribution in [0.25, 0.3) is 0 Å². The van der Waals surface area contributed by atoms with Gasteiger partial charge in [0, 0.05) is 31.2 Å². The molecule has 1 saturated carbocycles. The quantitative estimate of drug-likeness (QED) is 0.909. The molecule has 1 N–H and O–H groups in total. The minimum absolute atomic E-state index is 0.0865. The molecule has 0 radical (unpaired) electrons. The molecule has 3 amide bonds. The zero-order valence-corrected chi connectivity index (χ0v) is 14.7. The number of carbonyl (C=O) groups is 2. The molecule has 5 nitrogen and oxygen atoms in total. The Kier molecular flexibility index (Phi) is 5.56. The lowest BCUT2D eigenvalue weighted by atomic mass is 9.94. The molecule has 1 saturated heterocycles. The van der Waals surface area contributed by atoms with Crippen molar-refractivity contribution < 1.29 is 14.0 Å². The summed E-state index contributed by atoms with van der Waals surface area (Å²) in [5, 5.41) is 3.00. The second-order valence-corrected chi connectivity index (χ2v) is 6.91. The number of benzene rings is 1. The minimum atomic E-state index is -0.368. The number of anilines is 1. The lowest BCUT2D eigenvalue weighted by Gasteiger charge is -2.34. The number of urea groups is 1. The highest BCUT2D eigenvalue weighted by Crippen LogP contribution is 2.24. The number of hydrogen-bond acceptors (Lipinski definition) is 2. The molecule has 136 valence electrons. The van der Waals surface area contributed by atoms with E-state index in [4.69, 9.17) is 0 Å². The van der Waals surface area contributed by atoms with Crippen molar-refractivity contribution in [2.75, 3.05) is 18.0 Å². The molecule has 0 spiro atoms. The molecule has 0 bridgehead atoms. The first-order chi connectivity index (χ1) is 12.1. The van der Waals surface area contributed by atoms with E-state index in [0.29, 0.717) is 24.8 Å². The van der Waals surface area contributed by atoms with Gasteiger partial charge in [0.15, 0.2) is 0 Å². The van der Waals surface area contributed by atoms with Crippen LogP contribution >= 0.6 is 0 Å². The number of amides is 3. The van der Waals surface area contributed by atoms with Gasteiger partial charge in [-0.1, -0.05) is 25.3 Å². The highest BCUT2D eigenvalue weighted by atomic mass is 19.1. The fourth-order valence-electron chi connectivity index (χ4n) is 3.92. The van der Waals surface area contributed by atoms with Crippen LogP contribution in [0.1, 0.15) is 45.4 Å². The zero-order valence-electron chi connectivity index (χ0n) is 14.7. The molecule has 2 fully saturated rings. The molecule has 25 heavy (non-hydrogen) atoms. The fourth-order valence-corrected chi connectivity index (χ4v) is 3.92. The fraction of sp³-hybridized carbons (Fsp3) is 0.579. The highest BCUT2D eigenvalue weighted by Gasteiger charge is 2.33. The second kappa shape index (κ2) is 7.85. The van der Waals surface area contributed by atoms with Crippen LogP contribution in [-0.4, -0.2) is 42.0 Å². The van der Waals surface area contributed by atoms with Gasteiger partial charge in [0.1, 0.15) is 5.82 Å². The maximum absolute atomic E-state index is 13.4. The van der Waals surface area contributed by atoms with E-state index >= 15 is 0 Å². The molecular formula is C19H26FN3O2. The third kappa shape index (κ3) is 4.11. The average molecular weight is 347 g/mol. The summed E-state index contributed by atoms with van der Waals surface area (Å²) in [5.41, 5.74) is 0.543. The van der Waals surface area contributed by atoms with Gasteiger partial charge >= 0.3 is 6.03 Å². The molecule has 0 unspecified atom stereocenters. The standard InChI is InChI=1S/C19H26FN3O2/c1-2-22(16-8-4-3-5-9-16)19(25)21-15-12-18(24)23(13-15)17-10-6-7-14(20)11-17/h6-7,10-11,15-16H,2-5,8-9,12-13H2,1H3,(H,21,25)/t15-/m0/s1. The van der Waals surface area contributed by atoms with E-state index in [0.717, 1.165) is 12.8 Å². The van der Waals surface area contributed by atoms with Crippen LogP contribution in [-0.2, 0) is 4.79 Å². The first kappa shape index (κ1) is 17.7. The smallest absolute Gasteiger partial charge is 0.317 e. The maximum atomic E-state index is 13.4. The number of rotatable bonds is 4. The number of nitrogens with zero attached hydrogens (tertiary/aromatic N) is 2. The van der Waals surface area contributed by atoms with Crippen LogP contribution in [0.5, 0.6) is 0 Å². The van der Waals surface area contributed by atoms with E-state index in [1.807, 2.05) is 11.8 Å². The topological polar surface area (TPSA) is 52.7 Å². The number of hydrogen-bond donors (Lipinski definition) is 1. The summed E-state index contributed by atoms with van der Waals surface area (Å²) < 4.78 is 13.4. The molecule has 1 aromatic rings. The maximum Gasteiger partial charge on any atom is 0.317 e. The van der Waals surface area contributed by atoms with E-state index in [9.17, 15) is 14.0 Å². The third-order valence-electron chi connectivity index (χ3n) is 5.19. The Bertz CT molecular complexity index is 631. The largest absolute Gasteiger partial charge is 0.333 e. The number of carbonyl (C=O) groups excluding carboxylic acids is 2. The SMILES string of the molecule is CCN(C(=O)N[C@H]1CC(=O)N(c2cccc(F)c2)C1)C1CCCCC1. The molecule has 1 aliphatic carbocycles. The Morgan fingerprint density at radius 1 is 1.32 bits per heavy atom. The summed E-state index contributed by atoms with van der Waals surface area (Å²) in [6.45, 7) is 3.05. The van der Waals surface area contributed by atoms with Crippen LogP contribution in [0.3, 0.4) is 0 Å². The van der Waals surface area contributed by atoms with Crippen molar-refractivity contribution in [2.24, 2.45) is 0 Å². The van der Waals surface area contributed by atoms with Crippen molar-refractivity contribution in [1.82, 2.24) is 10.2 Å². The Morgan fingerprint density at radius 3 is 2.76 bits per heavy atom. The third-order valence-corrected chi connectivity index (χ3v) is 5.19. The zero-order chi connectivity index (χ0) is 17.8. The lowest BCUT2D eigenvalue weighted by molar-refractivity contribution is -0.117. The van der Waals surface area contributed by atoms with Gasteiger partial charge in [-0.05, 0) is 38.0 Å². The van der Waals surface area contributed by atoms with Gasteiger partial charge in [-0.2, -0.15) is 0 Å². The van der Waals surface area contributed by atoms with Crippen LogP contribution in [0, 0.1) is 5.82 Å². The van der Waals surface area contributed by atoms with Crippen molar-refractivity contribution in [3.8, 4) is 0 Å². The molecule has 1 atom stereocenters. The van der Waals surface area contributed by atoms with Gasteiger partial charge < -0.3 is 15.1 Å². The second-order valence-electron chi connectivity index (χ2n) is 6.91. The van der Waals surface area contributed by atoms with E-state index in [1.54, 1.807) is 17.0 Å². The summed E-state index contributed by atoms with van der Waals surface area (Å²) in [7, 11) is 0. The Labute approximate surface area is 148 Å². The van der Waals surface area contributed by atoms with Crippen LogP contribution in [0.15, 0.2) is 24.3 Å². The predicted molar refractivity (Wildman–Crippen MR) is 94.9 cm³/mol. The van der Waals surface area contributed by atoms with E-state index in [-0.39, 0.29) is 30.2 Å². The van der Waals surface area contributed by atoms with Gasteiger partial charge in [-0.15, -0.1) is 0 Å². The molecule has 1 aliphatic heterocycles. The normalized spacial score (nSPS) is 21.4. The van der Waals surface area contributed by atoms with E-state index in [2.05, 4.69) is 5.32 Å². The first-order valence-electron chi connectivity index (χ1n) is 9.21. The van der Waals surface area contributed by atoms with E-state index in [1.165, 1.54) is 31.4 Å². The summed E-state index contributed by atoms with van der Waals surface area (Å²) in [5.74, 6) is -0.455. The Balaban J connectivity index is 1.61. The molecule has 6 heteroatoms. The first-order valence-corrected chi connectivity index (χ1v) is 9.21. The van der Waals surface area contributed by atoms with Gasteiger partial charge in [0.05, 0.1) is 6.04 Å². The molecule has 1 aromatic carbocycles. The minimum Gasteiger partial charge on any atom is -0.333 e. The van der Waals surface area contributed by atoms with Crippen LogP contribution in [0.4, 0.5) is 14.9 Å². The average Bonchev–Trinajstić information content (AvgIpc) is 2.97. The molecule has 2 aliphatic rings. The van der Waals surface area contributed by atoms with Crippen molar-refractivity contribution >= 4 is 17.6 Å².